The van der Waals surface area contributed by atoms with Crippen molar-refractivity contribution < 1.29 is 14.3 Å². The summed E-state index contributed by atoms with van der Waals surface area (Å²) >= 11 is 0. The molecule has 1 atom stereocenters. The molecule has 0 aromatic heterocycles. The molecule has 0 aliphatic carbocycles. The van der Waals surface area contributed by atoms with Gasteiger partial charge in [0.2, 0.25) is 0 Å². The van der Waals surface area contributed by atoms with Crippen LogP contribution in [0, 0.1) is 0 Å². The van der Waals surface area contributed by atoms with E-state index < -0.39 is 0 Å². The van der Waals surface area contributed by atoms with E-state index in [1.54, 1.807) is 13.2 Å². The first-order valence-electron chi connectivity index (χ1n) is 8.82. The second-order valence-electron chi connectivity index (χ2n) is 6.19. The van der Waals surface area contributed by atoms with Gasteiger partial charge in [-0.15, -0.1) is 0 Å². The van der Waals surface area contributed by atoms with Crippen LogP contribution in [-0.2, 0) is 6.61 Å². The molecule has 0 spiro atoms. The predicted molar refractivity (Wildman–Crippen MR) is 107 cm³/mol. The van der Waals surface area contributed by atoms with Crippen LogP contribution in [-0.4, -0.2) is 20.4 Å². The number of hydrogen-bond donors (Lipinski definition) is 1. The summed E-state index contributed by atoms with van der Waals surface area (Å²) in [5, 5.41) is 3.36. The lowest BCUT2D eigenvalue weighted by molar-refractivity contribution is 0.112. The summed E-state index contributed by atoms with van der Waals surface area (Å²) in [4.78, 5) is 11.0. The van der Waals surface area contributed by atoms with Gasteiger partial charge in [-0.1, -0.05) is 48.5 Å². The van der Waals surface area contributed by atoms with Crippen molar-refractivity contribution in [1.82, 2.24) is 5.32 Å². The monoisotopic (exact) mass is 361 g/mol. The van der Waals surface area contributed by atoms with E-state index in [-0.39, 0.29) is 6.04 Å². The Kier molecular flexibility index (Phi) is 6.23. The molecule has 4 heteroatoms. The largest absolute Gasteiger partial charge is 0.496 e. The van der Waals surface area contributed by atoms with Gasteiger partial charge in [-0.2, -0.15) is 0 Å². The summed E-state index contributed by atoms with van der Waals surface area (Å²) < 4.78 is 11.2. The Hall–Kier alpha value is -3.11. The van der Waals surface area contributed by atoms with Crippen LogP contribution in [0.15, 0.2) is 72.8 Å². The van der Waals surface area contributed by atoms with Crippen molar-refractivity contribution >= 4 is 6.29 Å². The second-order valence-corrected chi connectivity index (χ2v) is 6.19. The van der Waals surface area contributed by atoms with E-state index in [1.165, 1.54) is 5.56 Å². The number of nitrogens with one attached hydrogen (secondary N) is 1. The van der Waals surface area contributed by atoms with E-state index in [0.717, 1.165) is 23.2 Å². The van der Waals surface area contributed by atoms with Crippen LogP contribution < -0.4 is 14.8 Å². The Balaban J connectivity index is 1.75. The van der Waals surface area contributed by atoms with Crippen LogP contribution in [0.3, 0.4) is 0 Å². The molecule has 1 unspecified atom stereocenters. The predicted octanol–water partition coefficient (Wildman–Crippen LogP) is 4.40. The summed E-state index contributed by atoms with van der Waals surface area (Å²) in [6.07, 6.45) is 0.786. The minimum absolute atomic E-state index is 0.0988. The number of aldehydes is 1. The maximum Gasteiger partial charge on any atom is 0.153 e. The average Bonchev–Trinajstić information content (AvgIpc) is 2.73. The maximum absolute atomic E-state index is 11.0. The van der Waals surface area contributed by atoms with Crippen LogP contribution in [0.5, 0.6) is 11.5 Å². The molecule has 3 aromatic rings. The molecule has 0 heterocycles. The lowest BCUT2D eigenvalue weighted by atomic mass is 9.99. The van der Waals surface area contributed by atoms with Crippen LogP contribution in [0.4, 0.5) is 0 Å². The lowest BCUT2D eigenvalue weighted by Crippen LogP contribution is -2.17. The summed E-state index contributed by atoms with van der Waals surface area (Å²) in [5.74, 6) is 1.35. The normalized spacial score (nSPS) is 11.6. The van der Waals surface area contributed by atoms with Crippen molar-refractivity contribution in [1.29, 1.82) is 0 Å². The second kappa shape index (κ2) is 9.01. The maximum atomic E-state index is 11.0. The number of rotatable bonds is 8. The van der Waals surface area contributed by atoms with E-state index in [2.05, 4.69) is 23.5 Å². The molecule has 0 fully saturated rings. The van der Waals surface area contributed by atoms with Crippen molar-refractivity contribution in [3.8, 4) is 11.5 Å². The number of benzene rings is 3. The SMILES string of the molecule is CNC(c1ccccc1)c1cccc(OCc2ccc(C=O)c(OC)c2)c1. The van der Waals surface area contributed by atoms with Crippen LogP contribution in [0.1, 0.15) is 33.1 Å². The van der Waals surface area contributed by atoms with Gasteiger partial charge >= 0.3 is 0 Å². The highest BCUT2D eigenvalue weighted by Gasteiger charge is 2.12. The van der Waals surface area contributed by atoms with E-state index in [9.17, 15) is 4.79 Å². The first kappa shape index (κ1) is 18.7. The van der Waals surface area contributed by atoms with Gasteiger partial charge in [-0.25, -0.2) is 0 Å². The number of carbonyl (C=O) groups is 1. The van der Waals surface area contributed by atoms with Gasteiger partial charge in [0.15, 0.2) is 6.29 Å². The quantitative estimate of drug-likeness (QED) is 0.604. The summed E-state index contributed by atoms with van der Waals surface area (Å²) in [5.41, 5.74) is 3.81. The Morgan fingerprint density at radius 3 is 2.44 bits per heavy atom. The fourth-order valence-corrected chi connectivity index (χ4v) is 3.06. The molecule has 0 radical (unpaired) electrons. The van der Waals surface area contributed by atoms with Gasteiger partial charge < -0.3 is 14.8 Å². The first-order chi connectivity index (χ1) is 13.2. The van der Waals surface area contributed by atoms with Gasteiger partial charge in [-0.3, -0.25) is 4.79 Å². The third-order valence-corrected chi connectivity index (χ3v) is 4.44. The van der Waals surface area contributed by atoms with Crippen molar-refractivity contribution in [2.75, 3.05) is 14.2 Å². The molecule has 0 aliphatic rings. The summed E-state index contributed by atoms with van der Waals surface area (Å²) in [6, 6.07) is 23.9. The third-order valence-electron chi connectivity index (χ3n) is 4.44. The molecule has 138 valence electrons. The highest BCUT2D eigenvalue weighted by atomic mass is 16.5. The molecular formula is C23H23NO3. The molecule has 27 heavy (non-hydrogen) atoms. The van der Waals surface area contributed by atoms with Crippen molar-refractivity contribution in [3.05, 3.63) is 95.1 Å². The van der Waals surface area contributed by atoms with Crippen molar-refractivity contribution in [2.45, 2.75) is 12.6 Å². The highest BCUT2D eigenvalue weighted by Crippen LogP contribution is 2.26. The van der Waals surface area contributed by atoms with E-state index in [0.29, 0.717) is 17.9 Å². The smallest absolute Gasteiger partial charge is 0.153 e. The molecule has 0 saturated carbocycles. The van der Waals surface area contributed by atoms with Gasteiger partial charge in [0.1, 0.15) is 18.1 Å². The van der Waals surface area contributed by atoms with Crippen molar-refractivity contribution in [3.63, 3.8) is 0 Å². The number of hydrogen-bond acceptors (Lipinski definition) is 4. The summed E-state index contributed by atoms with van der Waals surface area (Å²) in [7, 11) is 3.50. The minimum Gasteiger partial charge on any atom is -0.496 e. The highest BCUT2D eigenvalue weighted by molar-refractivity contribution is 5.79. The molecule has 0 bridgehead atoms. The number of ether oxygens (including phenoxy) is 2. The number of carbonyl (C=O) groups excluding carboxylic acids is 1. The fraction of sp³-hybridized carbons (Fsp3) is 0.174. The summed E-state index contributed by atoms with van der Waals surface area (Å²) in [6.45, 7) is 0.397. The van der Waals surface area contributed by atoms with Crippen LogP contribution in [0.2, 0.25) is 0 Å². The fourth-order valence-electron chi connectivity index (χ4n) is 3.06. The molecular weight excluding hydrogens is 338 g/mol. The standard InChI is InChI=1S/C23H23NO3/c1-24-23(18-7-4-3-5-8-18)19-9-6-10-21(14-19)27-16-17-11-12-20(15-25)22(13-17)26-2/h3-15,23-24H,16H2,1-2H3. The molecule has 3 aromatic carbocycles. The van der Waals surface area contributed by atoms with Gasteiger partial charge in [0, 0.05) is 0 Å². The van der Waals surface area contributed by atoms with Crippen LogP contribution >= 0.6 is 0 Å². The number of methoxy groups -OCH3 is 1. The zero-order valence-corrected chi connectivity index (χ0v) is 15.5. The lowest BCUT2D eigenvalue weighted by Gasteiger charge is -2.18. The van der Waals surface area contributed by atoms with Crippen molar-refractivity contribution in [2.24, 2.45) is 0 Å². The molecule has 4 nitrogen and oxygen atoms in total. The Bertz CT molecular complexity index is 893. The van der Waals surface area contributed by atoms with Gasteiger partial charge in [0.25, 0.3) is 0 Å². The molecule has 3 rings (SSSR count). The van der Waals surface area contributed by atoms with Crippen LogP contribution in [0.25, 0.3) is 0 Å². The Labute approximate surface area is 159 Å². The van der Waals surface area contributed by atoms with Gasteiger partial charge in [-0.05, 0) is 48.0 Å². The zero-order valence-electron chi connectivity index (χ0n) is 15.5. The zero-order chi connectivity index (χ0) is 19.1. The molecule has 0 saturated heterocycles. The molecule has 1 N–H and O–H groups in total. The Morgan fingerprint density at radius 1 is 0.963 bits per heavy atom. The first-order valence-corrected chi connectivity index (χ1v) is 8.82. The van der Waals surface area contributed by atoms with E-state index in [1.807, 2.05) is 55.6 Å². The topological polar surface area (TPSA) is 47.6 Å². The molecule has 0 amide bonds. The van der Waals surface area contributed by atoms with E-state index >= 15 is 0 Å². The Morgan fingerprint density at radius 2 is 1.74 bits per heavy atom. The third kappa shape index (κ3) is 4.54. The van der Waals surface area contributed by atoms with E-state index in [4.69, 9.17) is 9.47 Å². The minimum atomic E-state index is 0.0988. The average molecular weight is 361 g/mol. The van der Waals surface area contributed by atoms with Gasteiger partial charge in [0.05, 0.1) is 18.7 Å². The molecule has 0 aliphatic heterocycles.